The fourth-order valence-corrected chi connectivity index (χ4v) is 5.10. The second kappa shape index (κ2) is 8.08. The van der Waals surface area contributed by atoms with Crippen LogP contribution in [0.3, 0.4) is 0 Å². The van der Waals surface area contributed by atoms with E-state index >= 15 is 0 Å². The van der Waals surface area contributed by atoms with Crippen molar-refractivity contribution in [3.8, 4) is 0 Å². The normalized spacial score (nSPS) is 19.1. The maximum absolute atomic E-state index is 13.0. The highest BCUT2D eigenvalue weighted by Gasteiger charge is 2.34. The topological polar surface area (TPSA) is 75.7 Å². The number of sulfonamides is 1. The first-order valence-electron chi connectivity index (χ1n) is 9.33. The molecule has 8 heteroatoms. The van der Waals surface area contributed by atoms with Gasteiger partial charge >= 0.3 is 0 Å². The van der Waals surface area contributed by atoms with Gasteiger partial charge < -0.3 is 9.64 Å². The van der Waals surface area contributed by atoms with Gasteiger partial charge in [0, 0.05) is 23.1 Å². The number of halogens is 1. The first-order chi connectivity index (χ1) is 13.5. The van der Waals surface area contributed by atoms with E-state index in [-0.39, 0.29) is 16.9 Å². The number of amides is 1. The number of aryl methyl sites for hydroxylation is 1. The minimum absolute atomic E-state index is 0.0392. The number of ether oxygens (including phenoxy) is 1. The minimum Gasteiger partial charge on any atom is -0.369 e. The Kier molecular flexibility index (Phi) is 6.08. The Balaban J connectivity index is 1.86. The highest BCUT2D eigenvalue weighted by atomic mass is 79.9. The third-order valence-electron chi connectivity index (χ3n) is 4.61. The zero-order chi connectivity index (χ0) is 21.4. The van der Waals surface area contributed by atoms with E-state index in [2.05, 4.69) is 20.7 Å². The molecule has 0 radical (unpaired) electrons. The number of anilines is 1. The molecule has 2 aromatic rings. The molecule has 1 N–H and O–H groups in total. The quantitative estimate of drug-likeness (QED) is 0.711. The first kappa shape index (κ1) is 21.8. The molecule has 0 aromatic heterocycles. The number of carbonyl (C=O) groups excluding carboxylic acids is 1. The summed E-state index contributed by atoms with van der Waals surface area (Å²) in [5.41, 5.74) is 1.26. The smallest absolute Gasteiger partial charge is 0.261 e. The van der Waals surface area contributed by atoms with Crippen molar-refractivity contribution in [2.24, 2.45) is 0 Å². The molecular formula is C21H25BrN2O4S. The highest BCUT2D eigenvalue weighted by Crippen LogP contribution is 2.27. The van der Waals surface area contributed by atoms with E-state index in [9.17, 15) is 13.2 Å². The maximum atomic E-state index is 13.0. The number of nitrogens with one attached hydrogen (secondary N) is 1. The average molecular weight is 481 g/mol. The molecule has 3 rings (SSSR count). The zero-order valence-corrected chi connectivity index (χ0v) is 19.3. The van der Waals surface area contributed by atoms with Crippen LogP contribution in [0.4, 0.5) is 5.69 Å². The van der Waals surface area contributed by atoms with Crippen LogP contribution in [0.2, 0.25) is 0 Å². The number of carbonyl (C=O) groups is 1. The van der Waals surface area contributed by atoms with Crippen molar-refractivity contribution in [3.63, 3.8) is 0 Å². The van der Waals surface area contributed by atoms with Gasteiger partial charge in [-0.3, -0.25) is 9.52 Å². The number of rotatable bonds is 4. The summed E-state index contributed by atoms with van der Waals surface area (Å²) in [5, 5.41) is 0. The molecule has 1 heterocycles. The summed E-state index contributed by atoms with van der Waals surface area (Å²) in [4.78, 5) is 14.8. The van der Waals surface area contributed by atoms with Gasteiger partial charge in [-0.15, -0.1) is 0 Å². The lowest BCUT2D eigenvalue weighted by molar-refractivity contribution is -0.118. The molecule has 6 nitrogen and oxygen atoms in total. The maximum Gasteiger partial charge on any atom is 0.261 e. The summed E-state index contributed by atoms with van der Waals surface area (Å²) in [6.07, 6.45) is -0.0880. The Morgan fingerprint density at radius 3 is 2.66 bits per heavy atom. The zero-order valence-electron chi connectivity index (χ0n) is 16.9. The summed E-state index contributed by atoms with van der Waals surface area (Å²) < 4.78 is 34.9. The Morgan fingerprint density at radius 2 is 1.97 bits per heavy atom. The lowest BCUT2D eigenvalue weighted by Gasteiger charge is -2.41. The molecule has 1 aliphatic rings. The van der Waals surface area contributed by atoms with Gasteiger partial charge in [-0.25, -0.2) is 8.42 Å². The van der Waals surface area contributed by atoms with Crippen LogP contribution in [0, 0.1) is 6.92 Å². The van der Waals surface area contributed by atoms with Crippen LogP contribution < -0.4 is 4.72 Å². The van der Waals surface area contributed by atoms with E-state index < -0.39 is 15.6 Å². The lowest BCUT2D eigenvalue weighted by Crippen LogP contribution is -2.53. The lowest BCUT2D eigenvalue weighted by atomic mass is 10.0. The second-order valence-corrected chi connectivity index (χ2v) is 10.5. The molecule has 156 valence electrons. The van der Waals surface area contributed by atoms with Crippen LogP contribution in [0.15, 0.2) is 51.8 Å². The Morgan fingerprint density at radius 1 is 1.24 bits per heavy atom. The van der Waals surface area contributed by atoms with Gasteiger partial charge in [0.2, 0.25) is 0 Å². The van der Waals surface area contributed by atoms with Gasteiger partial charge in [0.15, 0.2) is 0 Å². The SMILES string of the molecule is Cc1ccc(Br)c(NS(=O)(=O)c2cccc(C(=O)N3CC(C)OC(C)(C)C3)c2)c1. The van der Waals surface area contributed by atoms with Crippen molar-refractivity contribution in [3.05, 3.63) is 58.1 Å². The molecule has 1 fully saturated rings. The molecule has 1 atom stereocenters. The van der Waals surface area contributed by atoms with Crippen LogP contribution in [0.1, 0.15) is 36.7 Å². The van der Waals surface area contributed by atoms with Gasteiger partial charge in [0.1, 0.15) is 0 Å². The van der Waals surface area contributed by atoms with E-state index in [1.54, 1.807) is 29.2 Å². The predicted octanol–water partition coefficient (Wildman–Crippen LogP) is 4.20. The van der Waals surface area contributed by atoms with Gasteiger partial charge in [-0.1, -0.05) is 12.1 Å². The van der Waals surface area contributed by atoms with E-state index in [0.717, 1.165) is 5.56 Å². The molecule has 1 aliphatic heterocycles. The van der Waals surface area contributed by atoms with E-state index in [0.29, 0.717) is 28.8 Å². The molecule has 2 aromatic carbocycles. The molecule has 29 heavy (non-hydrogen) atoms. The van der Waals surface area contributed by atoms with Crippen LogP contribution in [-0.4, -0.2) is 44.0 Å². The monoisotopic (exact) mass is 480 g/mol. The standard InChI is InChI=1S/C21H25BrN2O4S/c1-14-8-9-18(22)19(10-14)23-29(26,27)17-7-5-6-16(11-17)20(25)24-12-15(2)28-21(3,4)13-24/h5-11,15,23H,12-13H2,1-4H3. The van der Waals surface area contributed by atoms with Crippen LogP contribution in [0.5, 0.6) is 0 Å². The minimum atomic E-state index is -3.85. The van der Waals surface area contributed by atoms with Gasteiger partial charge in [-0.05, 0) is 79.5 Å². The van der Waals surface area contributed by atoms with Crippen LogP contribution >= 0.6 is 15.9 Å². The van der Waals surface area contributed by atoms with Crippen LogP contribution in [-0.2, 0) is 14.8 Å². The molecule has 0 bridgehead atoms. The van der Waals surface area contributed by atoms with Crippen molar-refractivity contribution in [1.29, 1.82) is 0 Å². The molecule has 1 unspecified atom stereocenters. The number of benzene rings is 2. The summed E-state index contributed by atoms with van der Waals surface area (Å²) in [7, 11) is -3.85. The highest BCUT2D eigenvalue weighted by molar-refractivity contribution is 9.10. The van der Waals surface area contributed by atoms with Gasteiger partial charge in [0.05, 0.1) is 22.3 Å². The number of morpholine rings is 1. The fourth-order valence-electron chi connectivity index (χ4n) is 3.51. The van der Waals surface area contributed by atoms with Crippen molar-refractivity contribution in [1.82, 2.24) is 4.90 Å². The molecule has 1 amide bonds. The Labute approximate surface area is 180 Å². The summed E-state index contributed by atoms with van der Waals surface area (Å²) >= 11 is 3.36. The fraction of sp³-hybridized carbons (Fsp3) is 0.381. The van der Waals surface area contributed by atoms with Crippen molar-refractivity contribution in [2.75, 3.05) is 17.8 Å². The molecule has 0 spiro atoms. The third-order valence-corrected chi connectivity index (χ3v) is 6.67. The molecular weight excluding hydrogens is 456 g/mol. The van der Waals surface area contributed by atoms with E-state index in [4.69, 9.17) is 4.74 Å². The number of hydrogen-bond acceptors (Lipinski definition) is 4. The Hall–Kier alpha value is -1.90. The number of nitrogens with zero attached hydrogens (tertiary/aromatic N) is 1. The summed E-state index contributed by atoms with van der Waals surface area (Å²) in [6, 6.07) is 11.5. The predicted molar refractivity (Wildman–Crippen MR) is 117 cm³/mol. The van der Waals surface area contributed by atoms with Crippen molar-refractivity contribution < 1.29 is 17.9 Å². The van der Waals surface area contributed by atoms with Crippen LogP contribution in [0.25, 0.3) is 0 Å². The second-order valence-electron chi connectivity index (χ2n) is 7.99. The van der Waals surface area contributed by atoms with Crippen molar-refractivity contribution in [2.45, 2.75) is 44.3 Å². The molecule has 0 aliphatic carbocycles. The van der Waals surface area contributed by atoms with Crippen molar-refractivity contribution >= 4 is 37.5 Å². The largest absolute Gasteiger partial charge is 0.369 e. The Bertz CT molecular complexity index is 1040. The van der Waals surface area contributed by atoms with E-state index in [1.165, 1.54) is 12.1 Å². The summed E-state index contributed by atoms with van der Waals surface area (Å²) in [6.45, 7) is 8.59. The third kappa shape index (κ3) is 5.18. The van der Waals surface area contributed by atoms with E-state index in [1.807, 2.05) is 33.8 Å². The first-order valence-corrected chi connectivity index (χ1v) is 11.6. The summed E-state index contributed by atoms with van der Waals surface area (Å²) in [5.74, 6) is -0.206. The van der Waals surface area contributed by atoms with Gasteiger partial charge in [0.25, 0.3) is 15.9 Å². The molecule has 0 saturated carbocycles. The number of hydrogen-bond donors (Lipinski definition) is 1. The average Bonchev–Trinajstić information content (AvgIpc) is 2.62. The molecule has 1 saturated heterocycles. The van der Waals surface area contributed by atoms with Gasteiger partial charge in [-0.2, -0.15) is 0 Å².